The van der Waals surface area contributed by atoms with Gasteiger partial charge < -0.3 is 10.2 Å². The first-order chi connectivity index (χ1) is 11.9. The van der Waals surface area contributed by atoms with E-state index in [9.17, 15) is 9.59 Å². The molecular formula is C20H27ClN2O2. The molecule has 1 N–H and O–H groups in total. The Labute approximate surface area is 154 Å². The summed E-state index contributed by atoms with van der Waals surface area (Å²) < 4.78 is 0. The molecule has 1 aliphatic carbocycles. The number of likely N-dealkylation sites (tertiary alicyclic amines) is 1. The molecule has 1 aliphatic heterocycles. The van der Waals surface area contributed by atoms with Crippen molar-refractivity contribution in [2.45, 2.75) is 52.0 Å². The fraction of sp³-hybridized carbons (Fsp3) is 0.600. The Morgan fingerprint density at radius 2 is 2.00 bits per heavy atom. The number of nitrogens with one attached hydrogen (secondary N) is 1. The largest absolute Gasteiger partial charge is 0.351 e. The lowest BCUT2D eigenvalue weighted by molar-refractivity contribution is -0.131. The molecule has 1 saturated heterocycles. The summed E-state index contributed by atoms with van der Waals surface area (Å²) in [5.41, 5.74) is 0.884. The van der Waals surface area contributed by atoms with Gasteiger partial charge in [-0.2, -0.15) is 0 Å². The third kappa shape index (κ3) is 4.00. The molecular weight excluding hydrogens is 336 g/mol. The lowest BCUT2D eigenvalue weighted by Gasteiger charge is -2.20. The minimum atomic E-state index is -0.124. The summed E-state index contributed by atoms with van der Waals surface area (Å²) in [6.07, 6.45) is 4.00. The first-order valence-corrected chi connectivity index (χ1v) is 9.65. The maximum atomic E-state index is 12.5. The maximum absolute atomic E-state index is 12.5. The molecule has 0 radical (unpaired) electrons. The predicted molar refractivity (Wildman–Crippen MR) is 99.4 cm³/mol. The van der Waals surface area contributed by atoms with Crippen LogP contribution in [-0.2, 0) is 16.0 Å². The third-order valence-electron chi connectivity index (χ3n) is 5.86. The smallest absolute Gasteiger partial charge is 0.226 e. The minimum absolute atomic E-state index is 0.0702. The van der Waals surface area contributed by atoms with Gasteiger partial charge in [0.15, 0.2) is 0 Å². The van der Waals surface area contributed by atoms with Gasteiger partial charge in [-0.05, 0) is 43.2 Å². The van der Waals surface area contributed by atoms with Crippen LogP contribution in [0.4, 0.5) is 0 Å². The zero-order chi connectivity index (χ0) is 18.0. The molecule has 1 heterocycles. The summed E-state index contributed by atoms with van der Waals surface area (Å²) in [6, 6.07) is 7.72. The van der Waals surface area contributed by atoms with E-state index in [1.54, 1.807) is 0 Å². The Morgan fingerprint density at radius 1 is 1.28 bits per heavy atom. The highest BCUT2D eigenvalue weighted by atomic mass is 35.5. The van der Waals surface area contributed by atoms with Crippen LogP contribution in [0.25, 0.3) is 0 Å². The van der Waals surface area contributed by atoms with Crippen LogP contribution in [0, 0.1) is 11.3 Å². The Balaban J connectivity index is 1.51. The highest BCUT2D eigenvalue weighted by molar-refractivity contribution is 6.31. The molecule has 2 fully saturated rings. The molecule has 0 bridgehead atoms. The number of benzene rings is 1. The fourth-order valence-electron chi connectivity index (χ4n) is 3.67. The number of halogens is 1. The van der Waals surface area contributed by atoms with Gasteiger partial charge in [-0.3, -0.25) is 9.59 Å². The van der Waals surface area contributed by atoms with E-state index in [1.165, 1.54) is 0 Å². The third-order valence-corrected chi connectivity index (χ3v) is 6.23. The van der Waals surface area contributed by atoms with Gasteiger partial charge in [0.05, 0.1) is 6.04 Å². The molecule has 3 rings (SSSR count). The number of nitrogens with zero attached hydrogens (tertiary/aromatic N) is 1. The van der Waals surface area contributed by atoms with E-state index < -0.39 is 0 Å². The Morgan fingerprint density at radius 3 is 2.64 bits per heavy atom. The normalized spacial score (nSPS) is 24.2. The molecule has 136 valence electrons. The van der Waals surface area contributed by atoms with E-state index >= 15 is 0 Å². The van der Waals surface area contributed by atoms with Crippen molar-refractivity contribution in [2.24, 2.45) is 11.3 Å². The first-order valence-electron chi connectivity index (χ1n) is 9.27. The second kappa shape index (κ2) is 7.36. The van der Waals surface area contributed by atoms with Crippen LogP contribution in [0.15, 0.2) is 24.3 Å². The van der Waals surface area contributed by atoms with Crippen LogP contribution in [0.5, 0.6) is 0 Å². The van der Waals surface area contributed by atoms with Crippen molar-refractivity contribution in [3.8, 4) is 0 Å². The van der Waals surface area contributed by atoms with Gasteiger partial charge in [0.1, 0.15) is 0 Å². The van der Waals surface area contributed by atoms with Crippen LogP contribution in [0.2, 0.25) is 5.02 Å². The van der Waals surface area contributed by atoms with Crippen LogP contribution in [0.3, 0.4) is 0 Å². The number of aryl methyl sites for hydroxylation is 1. The van der Waals surface area contributed by atoms with Crippen molar-refractivity contribution in [3.05, 3.63) is 34.9 Å². The molecule has 2 aliphatic rings. The number of hydrogen-bond acceptors (Lipinski definition) is 2. The fourth-order valence-corrected chi connectivity index (χ4v) is 3.90. The molecule has 2 amide bonds. The van der Waals surface area contributed by atoms with Crippen molar-refractivity contribution in [1.82, 2.24) is 10.2 Å². The van der Waals surface area contributed by atoms with Gasteiger partial charge in [-0.1, -0.05) is 43.6 Å². The van der Waals surface area contributed by atoms with Crippen molar-refractivity contribution in [3.63, 3.8) is 0 Å². The van der Waals surface area contributed by atoms with Gasteiger partial charge in [0, 0.05) is 29.9 Å². The van der Waals surface area contributed by atoms with Crippen molar-refractivity contribution in [2.75, 3.05) is 13.1 Å². The van der Waals surface area contributed by atoms with Crippen molar-refractivity contribution < 1.29 is 9.59 Å². The minimum Gasteiger partial charge on any atom is -0.351 e. The Hall–Kier alpha value is -1.55. The lowest BCUT2D eigenvalue weighted by Crippen LogP contribution is -2.44. The average Bonchev–Trinajstić information content (AvgIpc) is 3.33. The molecule has 4 nitrogen and oxygen atoms in total. The SMILES string of the molecule is CCC1(C(=O)NC2CN(C(=O)CCc3ccccc3Cl)CC2C)CC1. The van der Waals surface area contributed by atoms with Gasteiger partial charge in [-0.15, -0.1) is 0 Å². The van der Waals surface area contributed by atoms with Gasteiger partial charge in [0.2, 0.25) is 11.8 Å². The summed E-state index contributed by atoms with van der Waals surface area (Å²) in [5.74, 6) is 0.609. The maximum Gasteiger partial charge on any atom is 0.226 e. The topological polar surface area (TPSA) is 49.4 Å². The van der Waals surface area contributed by atoms with E-state index in [0.29, 0.717) is 36.9 Å². The summed E-state index contributed by atoms with van der Waals surface area (Å²) in [7, 11) is 0. The summed E-state index contributed by atoms with van der Waals surface area (Å²) in [6.45, 7) is 5.52. The first kappa shape index (κ1) is 18.2. The monoisotopic (exact) mass is 362 g/mol. The quantitative estimate of drug-likeness (QED) is 0.842. The number of rotatable bonds is 6. The second-order valence-electron chi connectivity index (χ2n) is 7.58. The van der Waals surface area contributed by atoms with Gasteiger partial charge in [0.25, 0.3) is 0 Å². The van der Waals surface area contributed by atoms with Crippen LogP contribution in [0.1, 0.15) is 45.1 Å². The molecule has 2 unspecified atom stereocenters. The highest BCUT2D eigenvalue weighted by Gasteiger charge is 2.49. The molecule has 1 aromatic rings. The molecule has 1 saturated carbocycles. The van der Waals surface area contributed by atoms with Gasteiger partial charge >= 0.3 is 0 Å². The molecule has 25 heavy (non-hydrogen) atoms. The summed E-state index contributed by atoms with van der Waals surface area (Å²) in [4.78, 5) is 26.9. The van der Waals surface area contributed by atoms with E-state index in [2.05, 4.69) is 19.2 Å². The predicted octanol–water partition coefficient (Wildman–Crippen LogP) is 3.43. The van der Waals surface area contributed by atoms with Crippen molar-refractivity contribution in [1.29, 1.82) is 0 Å². The molecule has 5 heteroatoms. The van der Waals surface area contributed by atoms with Gasteiger partial charge in [-0.25, -0.2) is 0 Å². The van der Waals surface area contributed by atoms with E-state index in [-0.39, 0.29) is 23.3 Å². The Kier molecular flexibility index (Phi) is 5.38. The lowest BCUT2D eigenvalue weighted by atomic mass is 10.0. The van der Waals surface area contributed by atoms with E-state index in [0.717, 1.165) is 24.8 Å². The number of amides is 2. The van der Waals surface area contributed by atoms with Crippen LogP contribution in [-0.4, -0.2) is 35.8 Å². The summed E-state index contributed by atoms with van der Waals surface area (Å²) in [5, 5.41) is 3.91. The zero-order valence-electron chi connectivity index (χ0n) is 15.1. The molecule has 2 atom stereocenters. The molecule has 1 aromatic carbocycles. The van der Waals surface area contributed by atoms with Crippen LogP contribution < -0.4 is 5.32 Å². The molecule has 0 spiro atoms. The zero-order valence-corrected chi connectivity index (χ0v) is 15.8. The summed E-state index contributed by atoms with van der Waals surface area (Å²) >= 11 is 6.16. The average molecular weight is 363 g/mol. The number of carbonyl (C=O) groups excluding carboxylic acids is 2. The Bertz CT molecular complexity index is 657. The highest BCUT2D eigenvalue weighted by Crippen LogP contribution is 2.49. The second-order valence-corrected chi connectivity index (χ2v) is 7.99. The van der Waals surface area contributed by atoms with Crippen molar-refractivity contribution >= 4 is 23.4 Å². The molecule has 0 aromatic heterocycles. The van der Waals surface area contributed by atoms with E-state index in [4.69, 9.17) is 11.6 Å². The number of carbonyl (C=O) groups is 2. The van der Waals surface area contributed by atoms with E-state index in [1.807, 2.05) is 29.2 Å². The number of hydrogen-bond donors (Lipinski definition) is 1. The standard InChI is InChI=1S/C20H27ClN2O2/c1-3-20(10-11-20)19(25)22-17-13-23(12-14(17)2)18(24)9-8-15-6-4-5-7-16(15)21/h4-7,14,17H,3,8-13H2,1-2H3,(H,22,25). The van der Waals surface area contributed by atoms with Crippen LogP contribution >= 0.6 is 11.6 Å².